The lowest BCUT2D eigenvalue weighted by atomic mass is 10.1. The van der Waals surface area contributed by atoms with Gasteiger partial charge in [0.1, 0.15) is 0 Å². The summed E-state index contributed by atoms with van der Waals surface area (Å²) >= 11 is 0. The SMILES string of the molecule is CN(Cc1ccccc1)CC(O)CCn1nccc(-c2ccccc2)c1=O. The summed E-state index contributed by atoms with van der Waals surface area (Å²) in [4.78, 5) is 14.7. The number of nitrogens with zero attached hydrogens (tertiary/aromatic N) is 3. The van der Waals surface area contributed by atoms with Crippen LogP contribution in [0, 0.1) is 0 Å². The van der Waals surface area contributed by atoms with Crippen LogP contribution in [-0.2, 0) is 13.1 Å². The minimum Gasteiger partial charge on any atom is -0.392 e. The number of likely N-dealkylation sites (N-methyl/N-ethyl adjacent to an activating group) is 1. The van der Waals surface area contributed by atoms with Gasteiger partial charge in [-0.25, -0.2) is 4.68 Å². The molecule has 1 heterocycles. The summed E-state index contributed by atoms with van der Waals surface area (Å²) in [6.07, 6.45) is 1.59. The fraction of sp³-hybridized carbons (Fsp3) is 0.273. The van der Waals surface area contributed by atoms with Crippen LogP contribution < -0.4 is 5.56 Å². The van der Waals surface area contributed by atoms with Gasteiger partial charge in [0.05, 0.1) is 11.7 Å². The van der Waals surface area contributed by atoms with Crippen molar-refractivity contribution in [1.82, 2.24) is 14.7 Å². The molecule has 3 rings (SSSR count). The van der Waals surface area contributed by atoms with Gasteiger partial charge in [-0.3, -0.25) is 9.69 Å². The lowest BCUT2D eigenvalue weighted by Gasteiger charge is -2.20. The molecule has 0 saturated carbocycles. The van der Waals surface area contributed by atoms with Crippen LogP contribution in [0.25, 0.3) is 11.1 Å². The van der Waals surface area contributed by atoms with E-state index >= 15 is 0 Å². The number of aromatic nitrogens is 2. The molecule has 0 spiro atoms. The third-order valence-electron chi connectivity index (χ3n) is 4.49. The minimum atomic E-state index is -0.521. The van der Waals surface area contributed by atoms with Gasteiger partial charge in [0.15, 0.2) is 0 Å². The van der Waals surface area contributed by atoms with E-state index in [4.69, 9.17) is 0 Å². The summed E-state index contributed by atoms with van der Waals surface area (Å²) < 4.78 is 1.43. The van der Waals surface area contributed by atoms with Gasteiger partial charge >= 0.3 is 0 Å². The van der Waals surface area contributed by atoms with Crippen molar-refractivity contribution in [3.8, 4) is 11.1 Å². The van der Waals surface area contributed by atoms with Gasteiger partial charge in [-0.05, 0) is 30.7 Å². The van der Waals surface area contributed by atoms with E-state index in [1.807, 2.05) is 55.6 Å². The van der Waals surface area contributed by atoms with Gasteiger partial charge in [-0.2, -0.15) is 5.10 Å². The number of hydrogen-bond acceptors (Lipinski definition) is 4. The van der Waals surface area contributed by atoms with Crippen LogP contribution in [0.2, 0.25) is 0 Å². The van der Waals surface area contributed by atoms with Crippen molar-refractivity contribution in [3.05, 3.63) is 88.8 Å². The normalized spacial score (nSPS) is 12.3. The molecule has 3 aromatic rings. The highest BCUT2D eigenvalue weighted by Gasteiger charge is 2.11. The molecule has 0 fully saturated rings. The van der Waals surface area contributed by atoms with E-state index in [9.17, 15) is 9.90 Å². The Kier molecular flexibility index (Phi) is 6.52. The highest BCUT2D eigenvalue weighted by Crippen LogP contribution is 2.13. The van der Waals surface area contributed by atoms with Gasteiger partial charge in [-0.15, -0.1) is 0 Å². The van der Waals surface area contributed by atoms with Crippen molar-refractivity contribution < 1.29 is 5.11 Å². The third kappa shape index (κ3) is 5.36. The van der Waals surface area contributed by atoms with E-state index in [0.29, 0.717) is 25.1 Å². The molecular weight excluding hydrogens is 338 g/mol. The van der Waals surface area contributed by atoms with E-state index in [0.717, 1.165) is 12.1 Å². The fourth-order valence-corrected chi connectivity index (χ4v) is 3.13. The summed E-state index contributed by atoms with van der Waals surface area (Å²) in [5, 5.41) is 14.5. The predicted molar refractivity (Wildman–Crippen MR) is 107 cm³/mol. The van der Waals surface area contributed by atoms with Crippen molar-refractivity contribution in [3.63, 3.8) is 0 Å². The summed E-state index contributed by atoms with van der Waals surface area (Å²) in [6.45, 7) is 1.71. The van der Waals surface area contributed by atoms with E-state index in [-0.39, 0.29) is 5.56 Å². The summed E-state index contributed by atoms with van der Waals surface area (Å²) in [6, 6.07) is 21.5. The second-order valence-electron chi connectivity index (χ2n) is 6.76. The second kappa shape index (κ2) is 9.26. The molecule has 0 aliphatic carbocycles. The molecule has 0 aliphatic rings. The molecule has 5 nitrogen and oxygen atoms in total. The minimum absolute atomic E-state index is 0.131. The van der Waals surface area contributed by atoms with E-state index in [1.165, 1.54) is 10.2 Å². The number of benzene rings is 2. The molecule has 5 heteroatoms. The molecule has 1 N–H and O–H groups in total. The Bertz CT molecular complexity index is 894. The molecule has 0 radical (unpaired) electrons. The lowest BCUT2D eigenvalue weighted by Crippen LogP contribution is -2.31. The zero-order valence-electron chi connectivity index (χ0n) is 15.5. The second-order valence-corrected chi connectivity index (χ2v) is 6.76. The molecule has 1 aromatic heterocycles. The average Bonchev–Trinajstić information content (AvgIpc) is 2.68. The van der Waals surface area contributed by atoms with Crippen LogP contribution in [0.15, 0.2) is 77.7 Å². The molecular formula is C22H25N3O2. The Hall–Kier alpha value is -2.76. The van der Waals surface area contributed by atoms with Gasteiger partial charge < -0.3 is 5.11 Å². The average molecular weight is 363 g/mol. The topological polar surface area (TPSA) is 58.4 Å². The number of aliphatic hydroxyl groups is 1. The number of hydrogen-bond donors (Lipinski definition) is 1. The van der Waals surface area contributed by atoms with Gasteiger partial charge in [0, 0.05) is 25.8 Å². The summed E-state index contributed by atoms with van der Waals surface area (Å²) in [5.74, 6) is 0. The van der Waals surface area contributed by atoms with Crippen molar-refractivity contribution in [1.29, 1.82) is 0 Å². The van der Waals surface area contributed by atoms with E-state index < -0.39 is 6.10 Å². The molecule has 0 aliphatic heterocycles. The molecule has 0 bridgehead atoms. The monoisotopic (exact) mass is 363 g/mol. The molecule has 1 unspecified atom stereocenters. The van der Waals surface area contributed by atoms with Gasteiger partial charge in [-0.1, -0.05) is 60.7 Å². The molecule has 0 amide bonds. The Morgan fingerprint density at radius 1 is 1.04 bits per heavy atom. The first-order valence-electron chi connectivity index (χ1n) is 9.15. The third-order valence-corrected chi connectivity index (χ3v) is 4.49. The quantitative estimate of drug-likeness (QED) is 0.669. The van der Waals surface area contributed by atoms with E-state index in [2.05, 4.69) is 22.1 Å². The Morgan fingerprint density at radius 2 is 1.70 bits per heavy atom. The van der Waals surface area contributed by atoms with Gasteiger partial charge in [0.25, 0.3) is 5.56 Å². The van der Waals surface area contributed by atoms with Gasteiger partial charge in [0.2, 0.25) is 0 Å². The highest BCUT2D eigenvalue weighted by molar-refractivity contribution is 5.61. The number of rotatable bonds is 8. The largest absolute Gasteiger partial charge is 0.392 e. The Balaban J connectivity index is 1.57. The van der Waals surface area contributed by atoms with Crippen molar-refractivity contribution in [2.45, 2.75) is 25.6 Å². The maximum absolute atomic E-state index is 12.7. The molecule has 27 heavy (non-hydrogen) atoms. The molecule has 140 valence electrons. The fourth-order valence-electron chi connectivity index (χ4n) is 3.13. The van der Waals surface area contributed by atoms with Crippen molar-refractivity contribution in [2.75, 3.05) is 13.6 Å². The van der Waals surface area contributed by atoms with Crippen molar-refractivity contribution in [2.24, 2.45) is 0 Å². The lowest BCUT2D eigenvalue weighted by molar-refractivity contribution is 0.109. The van der Waals surface area contributed by atoms with Crippen LogP contribution in [0.3, 0.4) is 0 Å². The number of aryl methyl sites for hydroxylation is 1. The highest BCUT2D eigenvalue weighted by atomic mass is 16.3. The van der Waals surface area contributed by atoms with Crippen LogP contribution in [0.4, 0.5) is 0 Å². The molecule has 0 saturated heterocycles. The maximum atomic E-state index is 12.7. The summed E-state index contributed by atoms with van der Waals surface area (Å²) in [5.41, 5.74) is 2.58. The maximum Gasteiger partial charge on any atom is 0.274 e. The zero-order valence-corrected chi connectivity index (χ0v) is 15.5. The van der Waals surface area contributed by atoms with Crippen LogP contribution in [0.1, 0.15) is 12.0 Å². The first kappa shape index (κ1) is 19.0. The first-order chi connectivity index (χ1) is 13.1. The van der Waals surface area contributed by atoms with Crippen molar-refractivity contribution >= 4 is 0 Å². The van der Waals surface area contributed by atoms with Crippen LogP contribution in [0.5, 0.6) is 0 Å². The van der Waals surface area contributed by atoms with Crippen LogP contribution >= 0.6 is 0 Å². The number of aliphatic hydroxyl groups excluding tert-OH is 1. The predicted octanol–water partition coefficient (Wildman–Crippen LogP) is 2.79. The zero-order chi connectivity index (χ0) is 19.1. The molecule has 2 aromatic carbocycles. The molecule has 1 atom stereocenters. The smallest absolute Gasteiger partial charge is 0.274 e. The first-order valence-corrected chi connectivity index (χ1v) is 9.15. The Labute approximate surface area is 159 Å². The van der Waals surface area contributed by atoms with Crippen LogP contribution in [-0.4, -0.2) is 39.5 Å². The van der Waals surface area contributed by atoms with E-state index in [1.54, 1.807) is 12.3 Å². The Morgan fingerprint density at radius 3 is 2.41 bits per heavy atom. The summed E-state index contributed by atoms with van der Waals surface area (Å²) in [7, 11) is 1.98. The standard InChI is InChI=1S/C22H25N3O2/c1-24(16-18-8-4-2-5-9-18)17-20(26)13-15-25-22(27)21(12-14-23-25)19-10-6-3-7-11-19/h2-12,14,20,26H,13,15-17H2,1H3.